The fourth-order valence-electron chi connectivity index (χ4n) is 3.39. The summed E-state index contributed by atoms with van der Waals surface area (Å²) in [6.45, 7) is 8.99. The van der Waals surface area contributed by atoms with Crippen molar-refractivity contribution in [1.29, 1.82) is 0 Å². The Morgan fingerprint density at radius 3 is 2.54 bits per heavy atom. The molecule has 0 radical (unpaired) electrons. The van der Waals surface area contributed by atoms with Crippen LogP contribution in [0.15, 0.2) is 35.3 Å². The first kappa shape index (κ1) is 20.6. The van der Waals surface area contributed by atoms with Gasteiger partial charge in [-0.2, -0.15) is 16.9 Å². The van der Waals surface area contributed by atoms with Gasteiger partial charge >= 0.3 is 0 Å². The fraction of sp³-hybridized carbons (Fsp3) is 0.524. The zero-order chi connectivity index (χ0) is 19.8. The van der Waals surface area contributed by atoms with Crippen LogP contribution in [0, 0.1) is 13.8 Å². The average Bonchev–Trinajstić information content (AvgIpc) is 3.05. The lowest BCUT2D eigenvalue weighted by Crippen LogP contribution is -2.37. The second-order valence-electron chi connectivity index (χ2n) is 7.12. The number of anilines is 1. The van der Waals surface area contributed by atoms with Crippen molar-refractivity contribution in [2.75, 3.05) is 43.1 Å². The third-order valence-corrected chi connectivity index (χ3v) is 5.88. The Kier molecular flexibility index (Phi) is 7.65. The normalized spacial score (nSPS) is 15.0. The molecule has 1 aliphatic rings. The maximum Gasteiger partial charge on any atom is 0.191 e. The number of nitrogens with one attached hydrogen (secondary N) is 2. The number of guanidine groups is 1. The Morgan fingerprint density at radius 1 is 1.14 bits per heavy atom. The molecule has 0 atom stereocenters. The van der Waals surface area contributed by atoms with E-state index in [9.17, 15) is 0 Å². The molecule has 1 saturated heterocycles. The van der Waals surface area contributed by atoms with Crippen LogP contribution in [0.3, 0.4) is 0 Å². The molecule has 152 valence electrons. The third-order valence-electron chi connectivity index (χ3n) is 4.94. The second kappa shape index (κ2) is 10.4. The highest BCUT2D eigenvalue weighted by atomic mass is 32.2. The number of nitrogens with zero attached hydrogens (tertiary/aromatic N) is 4. The van der Waals surface area contributed by atoms with E-state index in [1.807, 2.05) is 25.7 Å². The summed E-state index contributed by atoms with van der Waals surface area (Å²) in [5, 5.41) is 11.3. The van der Waals surface area contributed by atoms with Crippen LogP contribution in [0.5, 0.6) is 0 Å². The number of hydrogen-bond acceptors (Lipinski definition) is 4. The number of thioether (sulfide) groups is 1. The van der Waals surface area contributed by atoms with Crippen LogP contribution in [0.4, 0.5) is 5.69 Å². The monoisotopic (exact) mass is 400 g/mol. The summed E-state index contributed by atoms with van der Waals surface area (Å²) in [5.74, 6) is 3.29. The highest BCUT2D eigenvalue weighted by molar-refractivity contribution is 7.99. The zero-order valence-corrected chi connectivity index (χ0v) is 18.1. The molecule has 0 spiro atoms. The molecule has 2 heterocycles. The minimum Gasteiger partial charge on any atom is -0.370 e. The summed E-state index contributed by atoms with van der Waals surface area (Å²) in [7, 11) is 1.81. The lowest BCUT2D eigenvalue weighted by molar-refractivity contribution is 0.555. The van der Waals surface area contributed by atoms with Gasteiger partial charge in [-0.3, -0.25) is 9.67 Å². The Labute approximate surface area is 172 Å². The van der Waals surface area contributed by atoms with Crippen LogP contribution < -0.4 is 15.5 Å². The number of hydrogen-bond donors (Lipinski definition) is 2. The van der Waals surface area contributed by atoms with Crippen molar-refractivity contribution in [3.8, 4) is 0 Å². The zero-order valence-electron chi connectivity index (χ0n) is 17.2. The fourth-order valence-corrected chi connectivity index (χ4v) is 4.29. The first-order valence-corrected chi connectivity index (χ1v) is 11.2. The molecular weight excluding hydrogens is 368 g/mol. The van der Waals surface area contributed by atoms with E-state index < -0.39 is 0 Å². The molecular formula is C21H32N6S. The Balaban J connectivity index is 1.39. The molecule has 3 rings (SSSR count). The van der Waals surface area contributed by atoms with Crippen molar-refractivity contribution in [3.63, 3.8) is 0 Å². The highest BCUT2D eigenvalue weighted by Crippen LogP contribution is 2.19. The molecule has 2 N–H and O–H groups in total. The molecule has 1 aromatic carbocycles. The van der Waals surface area contributed by atoms with Gasteiger partial charge in [0.25, 0.3) is 0 Å². The van der Waals surface area contributed by atoms with Crippen molar-refractivity contribution >= 4 is 23.4 Å². The minimum absolute atomic E-state index is 0.771. The summed E-state index contributed by atoms with van der Waals surface area (Å²) >= 11 is 2.04. The molecule has 2 aromatic rings. The van der Waals surface area contributed by atoms with Gasteiger partial charge in [0, 0.05) is 62.7 Å². The lowest BCUT2D eigenvalue weighted by atomic mass is 10.2. The van der Waals surface area contributed by atoms with Crippen molar-refractivity contribution < 1.29 is 0 Å². The van der Waals surface area contributed by atoms with Crippen LogP contribution in [-0.4, -0.2) is 53.9 Å². The predicted molar refractivity (Wildman–Crippen MR) is 120 cm³/mol. The van der Waals surface area contributed by atoms with Gasteiger partial charge in [-0.05, 0) is 44.0 Å². The summed E-state index contributed by atoms with van der Waals surface area (Å²) in [6.07, 6.45) is 1.01. The standard InChI is InChI=1S/C21H32N6S/c1-17-15-18(2)27(25-17)10-4-9-23-21(22-3)24-16-19-5-7-20(8-6-19)26-11-13-28-14-12-26/h5-8,15H,4,9-14,16H2,1-3H3,(H2,22,23,24). The number of aromatic nitrogens is 2. The molecule has 1 aromatic heterocycles. The Hall–Kier alpha value is -2.15. The van der Waals surface area contributed by atoms with E-state index in [2.05, 4.69) is 67.6 Å². The maximum atomic E-state index is 4.50. The van der Waals surface area contributed by atoms with Gasteiger partial charge in [0.2, 0.25) is 0 Å². The number of aryl methyl sites for hydroxylation is 3. The molecule has 1 fully saturated rings. The van der Waals surface area contributed by atoms with E-state index in [1.54, 1.807) is 0 Å². The summed E-state index contributed by atoms with van der Waals surface area (Å²) in [6, 6.07) is 11.0. The van der Waals surface area contributed by atoms with Gasteiger partial charge in [0.05, 0.1) is 5.69 Å². The van der Waals surface area contributed by atoms with Crippen LogP contribution in [0.25, 0.3) is 0 Å². The predicted octanol–water partition coefficient (Wildman–Crippen LogP) is 2.81. The van der Waals surface area contributed by atoms with E-state index in [4.69, 9.17) is 0 Å². The smallest absolute Gasteiger partial charge is 0.191 e. The number of benzene rings is 1. The SMILES string of the molecule is CN=C(NCCCn1nc(C)cc1C)NCc1ccc(N2CCSCC2)cc1. The van der Waals surface area contributed by atoms with Crippen LogP contribution in [-0.2, 0) is 13.1 Å². The first-order valence-electron chi connectivity index (χ1n) is 10.0. The van der Waals surface area contributed by atoms with Crippen LogP contribution in [0.2, 0.25) is 0 Å². The van der Waals surface area contributed by atoms with E-state index in [1.165, 1.54) is 28.5 Å². The number of aliphatic imine (C=N–C) groups is 1. The highest BCUT2D eigenvalue weighted by Gasteiger charge is 2.10. The largest absolute Gasteiger partial charge is 0.370 e. The Bertz CT molecular complexity index is 762. The molecule has 0 saturated carbocycles. The van der Waals surface area contributed by atoms with E-state index >= 15 is 0 Å². The molecule has 0 aliphatic carbocycles. The van der Waals surface area contributed by atoms with Crippen molar-refractivity contribution in [2.45, 2.75) is 33.4 Å². The van der Waals surface area contributed by atoms with Crippen LogP contribution in [0.1, 0.15) is 23.4 Å². The van der Waals surface area contributed by atoms with Gasteiger partial charge in [0.1, 0.15) is 0 Å². The van der Waals surface area contributed by atoms with Crippen LogP contribution >= 0.6 is 11.8 Å². The van der Waals surface area contributed by atoms with Crippen molar-refractivity contribution in [1.82, 2.24) is 20.4 Å². The topological polar surface area (TPSA) is 57.5 Å². The van der Waals surface area contributed by atoms with Gasteiger partial charge in [0.15, 0.2) is 5.96 Å². The van der Waals surface area contributed by atoms with E-state index in [0.29, 0.717) is 0 Å². The quantitative estimate of drug-likeness (QED) is 0.425. The minimum atomic E-state index is 0.771. The van der Waals surface area contributed by atoms with Gasteiger partial charge < -0.3 is 15.5 Å². The molecule has 0 amide bonds. The molecule has 28 heavy (non-hydrogen) atoms. The molecule has 0 bridgehead atoms. The van der Waals surface area contributed by atoms with E-state index in [-0.39, 0.29) is 0 Å². The van der Waals surface area contributed by atoms with E-state index in [0.717, 1.165) is 50.8 Å². The Morgan fingerprint density at radius 2 is 1.89 bits per heavy atom. The number of rotatable bonds is 7. The maximum absolute atomic E-state index is 4.50. The summed E-state index contributed by atoms with van der Waals surface area (Å²) < 4.78 is 2.07. The van der Waals surface area contributed by atoms with Gasteiger partial charge in [-0.25, -0.2) is 0 Å². The van der Waals surface area contributed by atoms with Gasteiger partial charge in [-0.15, -0.1) is 0 Å². The van der Waals surface area contributed by atoms with Crippen molar-refractivity contribution in [3.05, 3.63) is 47.3 Å². The molecule has 1 aliphatic heterocycles. The first-order chi connectivity index (χ1) is 13.7. The third kappa shape index (κ3) is 5.92. The van der Waals surface area contributed by atoms with Gasteiger partial charge in [-0.1, -0.05) is 12.1 Å². The molecule has 7 heteroatoms. The second-order valence-corrected chi connectivity index (χ2v) is 8.35. The molecule has 0 unspecified atom stereocenters. The summed E-state index contributed by atoms with van der Waals surface area (Å²) in [5.41, 5.74) is 4.89. The molecule has 6 nitrogen and oxygen atoms in total. The lowest BCUT2D eigenvalue weighted by Gasteiger charge is -2.28. The summed E-state index contributed by atoms with van der Waals surface area (Å²) in [4.78, 5) is 6.79. The average molecular weight is 401 g/mol. The van der Waals surface area contributed by atoms with Crippen molar-refractivity contribution in [2.24, 2.45) is 4.99 Å².